The van der Waals surface area contributed by atoms with E-state index in [9.17, 15) is 19.2 Å². The molecule has 0 bridgehead atoms. The van der Waals surface area contributed by atoms with Gasteiger partial charge in [0, 0.05) is 19.3 Å². The van der Waals surface area contributed by atoms with Crippen molar-refractivity contribution in [2.45, 2.75) is 46.0 Å². The number of hydrogen-bond acceptors (Lipinski definition) is 4. The van der Waals surface area contributed by atoms with Crippen LogP contribution in [-0.4, -0.2) is 23.1 Å². The van der Waals surface area contributed by atoms with Crippen molar-refractivity contribution in [3.63, 3.8) is 0 Å². The smallest absolute Gasteiger partial charge is 0.153 e. The highest BCUT2D eigenvalue weighted by Gasteiger charge is 2.50. The molecule has 0 heterocycles. The van der Waals surface area contributed by atoms with Gasteiger partial charge in [-0.2, -0.15) is 0 Å². The summed E-state index contributed by atoms with van der Waals surface area (Å²) in [6, 6.07) is 0. The van der Waals surface area contributed by atoms with Gasteiger partial charge < -0.3 is 4.79 Å². The topological polar surface area (TPSA) is 68.3 Å². The van der Waals surface area contributed by atoms with Gasteiger partial charge in [0.05, 0.1) is 0 Å². The second kappa shape index (κ2) is 4.68. The maximum absolute atomic E-state index is 11.8. The standard InChI is InChI=1S/C12H16O4/c1-8(13)6-7-12(9(2)14)10(15)4-3-5-11(12)16/h3-7H2,1-2H3. The maximum Gasteiger partial charge on any atom is 0.153 e. The maximum atomic E-state index is 11.8. The summed E-state index contributed by atoms with van der Waals surface area (Å²) in [7, 11) is 0. The highest BCUT2D eigenvalue weighted by Crippen LogP contribution is 2.35. The highest BCUT2D eigenvalue weighted by molar-refractivity contribution is 6.25. The van der Waals surface area contributed by atoms with Gasteiger partial charge in [0.2, 0.25) is 0 Å². The molecule has 0 atom stereocenters. The van der Waals surface area contributed by atoms with Crippen LogP contribution in [0, 0.1) is 5.41 Å². The fourth-order valence-electron chi connectivity index (χ4n) is 2.20. The Morgan fingerprint density at radius 2 is 1.62 bits per heavy atom. The van der Waals surface area contributed by atoms with Crippen molar-refractivity contribution >= 4 is 23.1 Å². The second-order valence-electron chi connectivity index (χ2n) is 4.36. The van der Waals surface area contributed by atoms with Crippen molar-refractivity contribution < 1.29 is 19.2 Å². The number of hydrogen-bond donors (Lipinski definition) is 0. The average molecular weight is 224 g/mol. The van der Waals surface area contributed by atoms with Crippen LogP contribution >= 0.6 is 0 Å². The molecule has 1 aliphatic rings. The Bertz CT molecular complexity index is 338. The fourth-order valence-corrected chi connectivity index (χ4v) is 2.20. The third-order valence-electron chi connectivity index (χ3n) is 3.21. The van der Waals surface area contributed by atoms with Gasteiger partial charge in [-0.25, -0.2) is 0 Å². The zero-order chi connectivity index (χ0) is 12.3. The van der Waals surface area contributed by atoms with E-state index < -0.39 is 11.2 Å². The third-order valence-corrected chi connectivity index (χ3v) is 3.21. The molecular formula is C12H16O4. The molecule has 0 aromatic carbocycles. The molecule has 0 unspecified atom stereocenters. The molecule has 16 heavy (non-hydrogen) atoms. The van der Waals surface area contributed by atoms with Crippen molar-refractivity contribution in [1.82, 2.24) is 0 Å². The highest BCUT2D eigenvalue weighted by atomic mass is 16.2. The van der Waals surface area contributed by atoms with Crippen LogP contribution in [0.25, 0.3) is 0 Å². The number of carbonyl (C=O) groups excluding carboxylic acids is 4. The molecule has 1 saturated carbocycles. The van der Waals surface area contributed by atoms with Gasteiger partial charge in [0.15, 0.2) is 17.3 Å². The van der Waals surface area contributed by atoms with Crippen LogP contribution in [0.2, 0.25) is 0 Å². The molecule has 1 aliphatic carbocycles. The van der Waals surface area contributed by atoms with Crippen LogP contribution in [-0.2, 0) is 19.2 Å². The fraction of sp³-hybridized carbons (Fsp3) is 0.667. The molecule has 0 N–H and O–H groups in total. The van der Waals surface area contributed by atoms with Gasteiger partial charge >= 0.3 is 0 Å². The van der Waals surface area contributed by atoms with Crippen LogP contribution in [0.1, 0.15) is 46.0 Å². The Morgan fingerprint density at radius 1 is 1.12 bits per heavy atom. The Hall–Kier alpha value is -1.32. The SMILES string of the molecule is CC(=O)CCC1(C(C)=O)C(=O)CCCC1=O. The summed E-state index contributed by atoms with van der Waals surface area (Å²) in [5.41, 5.74) is -1.51. The molecule has 0 aromatic rings. The molecule has 88 valence electrons. The lowest BCUT2D eigenvalue weighted by Crippen LogP contribution is -2.48. The van der Waals surface area contributed by atoms with Crippen LogP contribution in [0.15, 0.2) is 0 Å². The van der Waals surface area contributed by atoms with Crippen molar-refractivity contribution in [2.24, 2.45) is 5.41 Å². The number of rotatable bonds is 4. The van der Waals surface area contributed by atoms with Gasteiger partial charge in [-0.1, -0.05) is 0 Å². The quantitative estimate of drug-likeness (QED) is 0.674. The van der Waals surface area contributed by atoms with Crippen molar-refractivity contribution in [3.8, 4) is 0 Å². The Labute approximate surface area is 94.4 Å². The number of carbonyl (C=O) groups is 4. The summed E-state index contributed by atoms with van der Waals surface area (Å²) in [5.74, 6) is -1.13. The van der Waals surface area contributed by atoms with Gasteiger partial charge in [0.1, 0.15) is 11.2 Å². The monoisotopic (exact) mass is 224 g/mol. The predicted molar refractivity (Wildman–Crippen MR) is 56.9 cm³/mol. The van der Waals surface area contributed by atoms with Crippen LogP contribution in [0.4, 0.5) is 0 Å². The van der Waals surface area contributed by atoms with E-state index in [1.54, 1.807) is 0 Å². The van der Waals surface area contributed by atoms with Crippen molar-refractivity contribution in [3.05, 3.63) is 0 Å². The Balaban J connectivity index is 3.01. The van der Waals surface area contributed by atoms with E-state index in [2.05, 4.69) is 0 Å². The van der Waals surface area contributed by atoms with E-state index >= 15 is 0 Å². The van der Waals surface area contributed by atoms with Crippen molar-refractivity contribution in [2.75, 3.05) is 0 Å². The van der Waals surface area contributed by atoms with Crippen molar-refractivity contribution in [1.29, 1.82) is 0 Å². The summed E-state index contributed by atoms with van der Waals surface area (Å²) in [6.45, 7) is 2.66. The zero-order valence-electron chi connectivity index (χ0n) is 9.67. The molecule has 0 saturated heterocycles. The lowest BCUT2D eigenvalue weighted by molar-refractivity contribution is -0.151. The Kier molecular flexibility index (Phi) is 3.73. The molecular weight excluding hydrogens is 208 g/mol. The second-order valence-corrected chi connectivity index (χ2v) is 4.36. The molecule has 4 heteroatoms. The van der Waals surface area contributed by atoms with E-state index in [0.29, 0.717) is 6.42 Å². The molecule has 0 aromatic heterocycles. The summed E-state index contributed by atoms with van der Waals surface area (Å²) in [5, 5.41) is 0. The third kappa shape index (κ3) is 2.10. The van der Waals surface area contributed by atoms with E-state index in [1.165, 1.54) is 13.8 Å². The van der Waals surface area contributed by atoms with Gasteiger partial charge in [-0.15, -0.1) is 0 Å². The normalized spacial score (nSPS) is 19.6. The summed E-state index contributed by atoms with van der Waals surface area (Å²) >= 11 is 0. The molecule has 1 rings (SSSR count). The number of Topliss-reactive ketones (excluding diaryl/α,β-unsaturated/α-hetero) is 4. The zero-order valence-corrected chi connectivity index (χ0v) is 9.67. The van der Waals surface area contributed by atoms with E-state index in [-0.39, 0.29) is 43.0 Å². The predicted octanol–water partition coefficient (Wildman–Crippen LogP) is 1.25. The van der Waals surface area contributed by atoms with Crippen LogP contribution in [0.3, 0.4) is 0 Å². The summed E-state index contributed by atoms with van der Waals surface area (Å²) in [6.07, 6.45) is 1.21. The first-order chi connectivity index (χ1) is 7.41. The van der Waals surface area contributed by atoms with E-state index in [1.807, 2.05) is 0 Å². The first-order valence-electron chi connectivity index (χ1n) is 5.48. The molecule has 0 aliphatic heterocycles. The summed E-state index contributed by atoms with van der Waals surface area (Å²) in [4.78, 5) is 46.2. The largest absolute Gasteiger partial charge is 0.300 e. The minimum atomic E-state index is -1.51. The molecule has 0 radical (unpaired) electrons. The molecule has 0 spiro atoms. The molecule has 0 amide bonds. The Morgan fingerprint density at radius 3 is 2.00 bits per heavy atom. The summed E-state index contributed by atoms with van der Waals surface area (Å²) < 4.78 is 0. The average Bonchev–Trinajstić information content (AvgIpc) is 2.16. The lowest BCUT2D eigenvalue weighted by atomic mass is 9.66. The molecule has 1 fully saturated rings. The van der Waals surface area contributed by atoms with Crippen LogP contribution < -0.4 is 0 Å². The van der Waals surface area contributed by atoms with Crippen LogP contribution in [0.5, 0.6) is 0 Å². The first kappa shape index (κ1) is 12.7. The molecule has 4 nitrogen and oxygen atoms in total. The first-order valence-corrected chi connectivity index (χ1v) is 5.48. The number of ketones is 4. The lowest BCUT2D eigenvalue weighted by Gasteiger charge is -2.31. The minimum Gasteiger partial charge on any atom is -0.300 e. The van der Waals surface area contributed by atoms with E-state index in [4.69, 9.17) is 0 Å². The van der Waals surface area contributed by atoms with Gasteiger partial charge in [-0.05, 0) is 26.7 Å². The minimum absolute atomic E-state index is 0.0509. The van der Waals surface area contributed by atoms with E-state index in [0.717, 1.165) is 0 Å². The van der Waals surface area contributed by atoms with Gasteiger partial charge in [0.25, 0.3) is 0 Å². The van der Waals surface area contributed by atoms with Gasteiger partial charge in [-0.3, -0.25) is 14.4 Å².